The number of rotatable bonds is 4. The molecule has 0 aliphatic rings. The molecule has 2 N–H and O–H groups in total. The number of benzene rings is 1. The van der Waals surface area contributed by atoms with Crippen LogP contribution in [0.1, 0.15) is 16.3 Å². The first-order valence-corrected chi connectivity index (χ1v) is 7.26. The van der Waals surface area contributed by atoms with E-state index in [-0.39, 0.29) is 12.5 Å². The highest BCUT2D eigenvalue weighted by Crippen LogP contribution is 2.15. The van der Waals surface area contributed by atoms with Crippen LogP contribution in [0, 0.1) is 3.57 Å². The smallest absolute Gasteiger partial charge is 0.268 e. The van der Waals surface area contributed by atoms with Crippen LogP contribution in [0.5, 0.6) is 0 Å². The van der Waals surface area contributed by atoms with Gasteiger partial charge in [-0.1, -0.05) is 5.21 Å². The zero-order valence-corrected chi connectivity index (χ0v) is 13.0. The van der Waals surface area contributed by atoms with Gasteiger partial charge in [-0.2, -0.15) is 5.21 Å². The van der Waals surface area contributed by atoms with Crippen LogP contribution in [0.4, 0.5) is 0 Å². The van der Waals surface area contributed by atoms with E-state index in [0.29, 0.717) is 11.5 Å². The molecule has 1 aromatic carbocycles. The number of aromatic nitrogens is 5. The number of amides is 1. The zero-order chi connectivity index (χ0) is 14.7. The second kappa shape index (κ2) is 6.04. The minimum absolute atomic E-state index is 0.191. The number of hydrogen-bond acceptors (Lipinski definition) is 4. The summed E-state index contributed by atoms with van der Waals surface area (Å²) in [7, 11) is 0. The number of tetrazole rings is 1. The number of halogens is 1. The van der Waals surface area contributed by atoms with Gasteiger partial charge < -0.3 is 9.88 Å². The summed E-state index contributed by atoms with van der Waals surface area (Å²) < 4.78 is 2.98. The van der Waals surface area contributed by atoms with E-state index in [9.17, 15) is 4.79 Å². The standard InChI is InChI=1S/C13H11IN6O/c14-9-3-5-10(6-4-9)20-7-1-2-11(20)13(21)15-8-12-16-18-19-17-12/h1-7H,8H2,(H,15,21)(H,16,17,18,19). The Bertz CT molecular complexity index is 734. The SMILES string of the molecule is O=C(NCc1nn[nH]n1)c1cccn1-c1ccc(I)cc1. The lowest BCUT2D eigenvalue weighted by molar-refractivity contribution is 0.0943. The molecular weight excluding hydrogens is 383 g/mol. The maximum absolute atomic E-state index is 12.2. The van der Waals surface area contributed by atoms with Crippen molar-refractivity contribution < 1.29 is 4.79 Å². The summed E-state index contributed by atoms with van der Waals surface area (Å²) in [6.07, 6.45) is 1.85. The van der Waals surface area contributed by atoms with Gasteiger partial charge in [-0.05, 0) is 59.0 Å². The van der Waals surface area contributed by atoms with E-state index in [0.717, 1.165) is 9.26 Å². The average Bonchev–Trinajstić information content (AvgIpc) is 3.17. The van der Waals surface area contributed by atoms with Gasteiger partial charge in [-0.15, -0.1) is 10.2 Å². The number of nitrogens with one attached hydrogen (secondary N) is 2. The molecule has 21 heavy (non-hydrogen) atoms. The molecule has 0 fully saturated rings. The molecule has 3 aromatic rings. The van der Waals surface area contributed by atoms with Crippen LogP contribution >= 0.6 is 22.6 Å². The Balaban J connectivity index is 1.78. The number of aromatic amines is 1. The van der Waals surface area contributed by atoms with Crippen molar-refractivity contribution in [2.75, 3.05) is 0 Å². The number of carbonyl (C=O) groups excluding carboxylic acids is 1. The summed E-state index contributed by atoms with van der Waals surface area (Å²) in [6, 6.07) is 11.5. The van der Waals surface area contributed by atoms with Gasteiger partial charge in [0, 0.05) is 15.5 Å². The van der Waals surface area contributed by atoms with E-state index in [1.54, 1.807) is 6.07 Å². The van der Waals surface area contributed by atoms with E-state index in [1.165, 1.54) is 0 Å². The Morgan fingerprint density at radius 2 is 2.10 bits per heavy atom. The molecule has 8 heteroatoms. The fourth-order valence-electron chi connectivity index (χ4n) is 1.90. The second-order valence-electron chi connectivity index (χ2n) is 4.25. The minimum Gasteiger partial charge on any atom is -0.343 e. The maximum Gasteiger partial charge on any atom is 0.268 e. The summed E-state index contributed by atoms with van der Waals surface area (Å²) in [4.78, 5) is 12.2. The first-order chi connectivity index (χ1) is 10.2. The molecule has 1 amide bonds. The highest BCUT2D eigenvalue weighted by Gasteiger charge is 2.12. The van der Waals surface area contributed by atoms with Gasteiger partial charge in [-0.25, -0.2) is 0 Å². The quantitative estimate of drug-likeness (QED) is 0.657. The molecule has 2 heterocycles. The molecule has 0 radical (unpaired) electrons. The molecule has 0 bridgehead atoms. The van der Waals surface area contributed by atoms with E-state index < -0.39 is 0 Å². The molecule has 0 unspecified atom stereocenters. The van der Waals surface area contributed by atoms with E-state index >= 15 is 0 Å². The Labute approximate surface area is 133 Å². The van der Waals surface area contributed by atoms with Crippen LogP contribution in [0.2, 0.25) is 0 Å². The van der Waals surface area contributed by atoms with Crippen LogP contribution in [0.15, 0.2) is 42.6 Å². The van der Waals surface area contributed by atoms with Crippen LogP contribution in [-0.4, -0.2) is 31.1 Å². The van der Waals surface area contributed by atoms with Crippen LogP contribution < -0.4 is 5.32 Å². The Morgan fingerprint density at radius 3 is 2.81 bits per heavy atom. The topological polar surface area (TPSA) is 88.5 Å². The largest absolute Gasteiger partial charge is 0.343 e. The molecule has 0 atom stereocenters. The number of H-pyrrole nitrogens is 1. The number of carbonyl (C=O) groups is 1. The molecule has 0 saturated carbocycles. The summed E-state index contributed by atoms with van der Waals surface area (Å²) in [5.41, 5.74) is 1.49. The lowest BCUT2D eigenvalue weighted by Crippen LogP contribution is -2.25. The van der Waals surface area contributed by atoms with Gasteiger partial charge in [0.2, 0.25) is 0 Å². The minimum atomic E-state index is -0.191. The van der Waals surface area contributed by atoms with E-state index in [4.69, 9.17) is 0 Å². The van der Waals surface area contributed by atoms with Crippen molar-refractivity contribution in [1.82, 2.24) is 30.5 Å². The molecule has 0 aliphatic carbocycles. The molecule has 0 saturated heterocycles. The number of hydrogen-bond donors (Lipinski definition) is 2. The predicted molar refractivity (Wildman–Crippen MR) is 83.8 cm³/mol. The Kier molecular flexibility index (Phi) is 3.95. The van der Waals surface area contributed by atoms with Gasteiger partial charge in [0.05, 0.1) is 6.54 Å². The van der Waals surface area contributed by atoms with Crippen molar-refractivity contribution in [1.29, 1.82) is 0 Å². The summed E-state index contributed by atoms with van der Waals surface area (Å²) in [5, 5.41) is 16.1. The third-order valence-corrected chi connectivity index (χ3v) is 3.60. The fraction of sp³-hybridized carbons (Fsp3) is 0.0769. The van der Waals surface area contributed by atoms with Gasteiger partial charge >= 0.3 is 0 Å². The Hall–Kier alpha value is -2.23. The van der Waals surface area contributed by atoms with Gasteiger partial charge in [0.25, 0.3) is 5.91 Å². The van der Waals surface area contributed by atoms with Crippen LogP contribution in [0.25, 0.3) is 5.69 Å². The third-order valence-electron chi connectivity index (χ3n) is 2.88. The molecule has 106 valence electrons. The molecule has 0 spiro atoms. The molecule has 2 aromatic heterocycles. The van der Waals surface area contributed by atoms with Crippen molar-refractivity contribution in [3.05, 3.63) is 57.7 Å². The monoisotopic (exact) mass is 394 g/mol. The van der Waals surface area contributed by atoms with Crippen LogP contribution in [-0.2, 0) is 6.54 Å². The average molecular weight is 394 g/mol. The summed E-state index contributed by atoms with van der Waals surface area (Å²) in [5.74, 6) is 0.249. The first-order valence-electron chi connectivity index (χ1n) is 6.18. The first kappa shape index (κ1) is 13.7. The Morgan fingerprint density at radius 1 is 1.29 bits per heavy atom. The number of nitrogens with zero attached hydrogens (tertiary/aromatic N) is 4. The third kappa shape index (κ3) is 3.10. The predicted octanol–water partition coefficient (Wildman–Crippen LogP) is 1.52. The normalized spacial score (nSPS) is 10.5. The van der Waals surface area contributed by atoms with Crippen molar-refractivity contribution in [3.8, 4) is 5.69 Å². The van der Waals surface area contributed by atoms with Crippen molar-refractivity contribution in [2.45, 2.75) is 6.54 Å². The van der Waals surface area contributed by atoms with Crippen LogP contribution in [0.3, 0.4) is 0 Å². The van der Waals surface area contributed by atoms with Crippen molar-refractivity contribution >= 4 is 28.5 Å². The maximum atomic E-state index is 12.2. The van der Waals surface area contributed by atoms with Crippen molar-refractivity contribution in [3.63, 3.8) is 0 Å². The van der Waals surface area contributed by atoms with E-state index in [1.807, 2.05) is 41.1 Å². The zero-order valence-electron chi connectivity index (χ0n) is 10.8. The molecular formula is C13H11IN6O. The van der Waals surface area contributed by atoms with Gasteiger partial charge in [-0.3, -0.25) is 4.79 Å². The van der Waals surface area contributed by atoms with Gasteiger partial charge in [0.1, 0.15) is 5.69 Å². The highest BCUT2D eigenvalue weighted by atomic mass is 127. The summed E-state index contributed by atoms with van der Waals surface area (Å²) >= 11 is 2.24. The lowest BCUT2D eigenvalue weighted by atomic mass is 10.3. The lowest BCUT2D eigenvalue weighted by Gasteiger charge is -2.09. The molecule has 7 nitrogen and oxygen atoms in total. The fourth-order valence-corrected chi connectivity index (χ4v) is 2.26. The molecule has 3 rings (SSSR count). The molecule has 0 aliphatic heterocycles. The van der Waals surface area contributed by atoms with Crippen molar-refractivity contribution in [2.24, 2.45) is 0 Å². The highest BCUT2D eigenvalue weighted by molar-refractivity contribution is 14.1. The second-order valence-corrected chi connectivity index (χ2v) is 5.50. The van der Waals surface area contributed by atoms with E-state index in [2.05, 4.69) is 48.5 Å². The van der Waals surface area contributed by atoms with Gasteiger partial charge in [0.15, 0.2) is 5.82 Å². The summed E-state index contributed by atoms with van der Waals surface area (Å²) in [6.45, 7) is 0.229.